The molecule has 21 heavy (non-hydrogen) atoms. The van der Waals surface area contributed by atoms with E-state index in [1.807, 2.05) is 11.0 Å². The van der Waals surface area contributed by atoms with Gasteiger partial charge in [-0.25, -0.2) is 0 Å². The molecule has 5 heteroatoms. The van der Waals surface area contributed by atoms with Gasteiger partial charge in [-0.05, 0) is 30.7 Å². The van der Waals surface area contributed by atoms with Crippen molar-refractivity contribution in [3.63, 3.8) is 0 Å². The van der Waals surface area contributed by atoms with Crippen LogP contribution in [0, 0.1) is 5.92 Å². The molecule has 1 saturated heterocycles. The van der Waals surface area contributed by atoms with Gasteiger partial charge in [-0.1, -0.05) is 25.5 Å². The third-order valence-corrected chi connectivity index (χ3v) is 5.13. The molecule has 4 nitrogen and oxygen atoms in total. The zero-order chi connectivity index (χ0) is 14.8. The van der Waals surface area contributed by atoms with Crippen LogP contribution in [-0.2, 0) is 4.79 Å². The molecule has 114 valence electrons. The summed E-state index contributed by atoms with van der Waals surface area (Å²) in [5.41, 5.74) is 2.57. The first-order valence-corrected chi connectivity index (χ1v) is 8.94. The Balaban J connectivity index is 1.73. The van der Waals surface area contributed by atoms with E-state index in [9.17, 15) is 4.79 Å². The van der Waals surface area contributed by atoms with Crippen molar-refractivity contribution in [1.82, 2.24) is 4.90 Å². The van der Waals surface area contributed by atoms with Crippen LogP contribution in [0.25, 0.3) is 0 Å². The molecule has 3 rings (SSSR count). The molecule has 0 spiro atoms. The number of amides is 1. The van der Waals surface area contributed by atoms with Crippen LogP contribution in [0.1, 0.15) is 26.2 Å². The van der Waals surface area contributed by atoms with E-state index < -0.39 is 0 Å². The molecule has 2 unspecified atom stereocenters. The summed E-state index contributed by atoms with van der Waals surface area (Å²) in [6.45, 7) is 3.79. The highest BCUT2D eigenvalue weighted by molar-refractivity contribution is 7.99. The summed E-state index contributed by atoms with van der Waals surface area (Å²) < 4.78 is 0. The zero-order valence-electron chi connectivity index (χ0n) is 12.7. The SMILES string of the molecule is CCCC1CC(=O)N(CN2c3ccccc3NC2SC)C1. The fourth-order valence-electron chi connectivity index (χ4n) is 3.30. The van der Waals surface area contributed by atoms with E-state index in [0.717, 1.165) is 31.5 Å². The lowest BCUT2D eigenvalue weighted by molar-refractivity contribution is -0.127. The first-order valence-electron chi connectivity index (χ1n) is 7.65. The van der Waals surface area contributed by atoms with Crippen molar-refractivity contribution in [3.8, 4) is 0 Å². The molecule has 1 aromatic rings. The smallest absolute Gasteiger partial charge is 0.224 e. The van der Waals surface area contributed by atoms with Gasteiger partial charge in [-0.2, -0.15) is 0 Å². The van der Waals surface area contributed by atoms with Crippen LogP contribution < -0.4 is 10.2 Å². The number of carbonyl (C=O) groups excluding carboxylic acids is 1. The van der Waals surface area contributed by atoms with Gasteiger partial charge >= 0.3 is 0 Å². The number of para-hydroxylation sites is 2. The second-order valence-electron chi connectivity index (χ2n) is 5.84. The highest BCUT2D eigenvalue weighted by atomic mass is 32.2. The Labute approximate surface area is 130 Å². The third-order valence-electron chi connectivity index (χ3n) is 4.31. The van der Waals surface area contributed by atoms with Gasteiger partial charge in [0.05, 0.1) is 18.0 Å². The van der Waals surface area contributed by atoms with Gasteiger partial charge in [0.1, 0.15) is 5.50 Å². The second-order valence-corrected chi connectivity index (χ2v) is 6.75. The summed E-state index contributed by atoms with van der Waals surface area (Å²) in [6.07, 6.45) is 5.14. The molecule has 2 aliphatic rings. The van der Waals surface area contributed by atoms with Crippen LogP contribution in [-0.4, -0.2) is 35.8 Å². The Morgan fingerprint density at radius 1 is 1.38 bits per heavy atom. The summed E-state index contributed by atoms with van der Waals surface area (Å²) in [6, 6.07) is 8.33. The number of carbonyl (C=O) groups is 1. The largest absolute Gasteiger partial charge is 0.355 e. The predicted octanol–water partition coefficient (Wildman–Crippen LogP) is 3.17. The molecule has 0 bridgehead atoms. The van der Waals surface area contributed by atoms with Crippen LogP contribution in [0.2, 0.25) is 0 Å². The summed E-state index contributed by atoms with van der Waals surface area (Å²) >= 11 is 1.77. The molecule has 1 amide bonds. The fraction of sp³-hybridized carbons (Fsp3) is 0.562. The van der Waals surface area contributed by atoms with E-state index in [1.54, 1.807) is 11.8 Å². The average Bonchev–Trinajstić information content (AvgIpc) is 3.01. The van der Waals surface area contributed by atoms with Gasteiger partial charge in [0.15, 0.2) is 0 Å². The number of benzene rings is 1. The van der Waals surface area contributed by atoms with Crippen LogP contribution in [0.15, 0.2) is 24.3 Å². The molecule has 0 aliphatic carbocycles. The Bertz CT molecular complexity index is 522. The van der Waals surface area contributed by atoms with E-state index >= 15 is 0 Å². The summed E-state index contributed by atoms with van der Waals surface area (Å²) in [5.74, 6) is 0.846. The van der Waals surface area contributed by atoms with Crippen molar-refractivity contribution in [2.75, 3.05) is 29.7 Å². The van der Waals surface area contributed by atoms with Crippen molar-refractivity contribution < 1.29 is 4.79 Å². The Kier molecular flexibility index (Phi) is 4.29. The average molecular weight is 305 g/mol. The van der Waals surface area contributed by atoms with E-state index in [-0.39, 0.29) is 5.50 Å². The highest BCUT2D eigenvalue weighted by Crippen LogP contribution is 2.38. The van der Waals surface area contributed by atoms with Crippen molar-refractivity contribution >= 4 is 29.0 Å². The minimum absolute atomic E-state index is 0.209. The number of nitrogens with one attached hydrogen (secondary N) is 1. The van der Waals surface area contributed by atoms with Crippen LogP contribution in [0.3, 0.4) is 0 Å². The van der Waals surface area contributed by atoms with Crippen molar-refractivity contribution in [1.29, 1.82) is 0 Å². The topological polar surface area (TPSA) is 35.6 Å². The van der Waals surface area contributed by atoms with Gasteiger partial charge in [0.2, 0.25) is 5.91 Å². The molecular weight excluding hydrogens is 282 g/mol. The third kappa shape index (κ3) is 2.84. The standard InChI is InChI=1S/C16H23N3OS/c1-3-6-12-9-15(20)18(10-12)11-19-14-8-5-4-7-13(14)17-16(19)21-2/h4-5,7-8,12,16-17H,3,6,9-11H2,1-2H3. The molecule has 1 N–H and O–H groups in total. The highest BCUT2D eigenvalue weighted by Gasteiger charge is 2.34. The van der Waals surface area contributed by atoms with E-state index in [1.165, 1.54) is 5.69 Å². The molecule has 0 radical (unpaired) electrons. The normalized spacial score (nSPS) is 24.4. The lowest BCUT2D eigenvalue weighted by Gasteiger charge is -2.30. The molecule has 0 aromatic heterocycles. The first-order chi connectivity index (χ1) is 10.2. The maximum absolute atomic E-state index is 12.2. The minimum atomic E-state index is 0.209. The second kappa shape index (κ2) is 6.18. The van der Waals surface area contributed by atoms with Crippen molar-refractivity contribution in [2.24, 2.45) is 5.92 Å². The minimum Gasteiger partial charge on any atom is -0.355 e. The quantitative estimate of drug-likeness (QED) is 0.906. The van der Waals surface area contributed by atoms with Crippen LogP contribution >= 0.6 is 11.8 Å². The number of rotatable bonds is 5. The zero-order valence-corrected chi connectivity index (χ0v) is 13.5. The maximum Gasteiger partial charge on any atom is 0.224 e. The number of anilines is 2. The molecule has 2 aliphatic heterocycles. The van der Waals surface area contributed by atoms with Crippen LogP contribution in [0.4, 0.5) is 11.4 Å². The van der Waals surface area contributed by atoms with E-state index in [2.05, 4.69) is 41.6 Å². The van der Waals surface area contributed by atoms with Gasteiger partial charge < -0.3 is 15.1 Å². The number of likely N-dealkylation sites (tertiary alicyclic amines) is 1. The number of fused-ring (bicyclic) bond motifs is 1. The van der Waals surface area contributed by atoms with Crippen molar-refractivity contribution in [3.05, 3.63) is 24.3 Å². The van der Waals surface area contributed by atoms with Gasteiger partial charge in [0, 0.05) is 13.0 Å². The summed E-state index contributed by atoms with van der Waals surface area (Å²) in [5, 5.41) is 3.51. The molecule has 2 atom stereocenters. The molecular formula is C16H23N3OS. The van der Waals surface area contributed by atoms with Gasteiger partial charge in [0.25, 0.3) is 0 Å². The number of thioether (sulfide) groups is 1. The fourth-order valence-corrected chi connectivity index (χ4v) is 3.98. The lowest BCUT2D eigenvalue weighted by Crippen LogP contribution is -2.43. The first kappa shape index (κ1) is 14.6. The number of hydrogen-bond donors (Lipinski definition) is 1. The number of hydrogen-bond acceptors (Lipinski definition) is 4. The van der Waals surface area contributed by atoms with Crippen LogP contribution in [0.5, 0.6) is 0 Å². The molecule has 1 fully saturated rings. The lowest BCUT2D eigenvalue weighted by atomic mass is 10.0. The van der Waals surface area contributed by atoms with Gasteiger partial charge in [-0.15, -0.1) is 11.8 Å². The summed E-state index contributed by atoms with van der Waals surface area (Å²) in [7, 11) is 0. The monoisotopic (exact) mass is 305 g/mol. The van der Waals surface area contributed by atoms with E-state index in [0.29, 0.717) is 18.5 Å². The Morgan fingerprint density at radius 2 is 2.19 bits per heavy atom. The summed E-state index contributed by atoms with van der Waals surface area (Å²) in [4.78, 5) is 16.5. The van der Waals surface area contributed by atoms with Crippen molar-refractivity contribution in [2.45, 2.75) is 31.7 Å². The van der Waals surface area contributed by atoms with E-state index in [4.69, 9.17) is 0 Å². The predicted molar refractivity (Wildman–Crippen MR) is 89.4 cm³/mol. The van der Waals surface area contributed by atoms with Gasteiger partial charge in [-0.3, -0.25) is 4.79 Å². The molecule has 2 heterocycles. The Morgan fingerprint density at radius 3 is 2.95 bits per heavy atom. The Hall–Kier alpha value is -1.36. The molecule has 0 saturated carbocycles. The molecule has 1 aromatic carbocycles. The maximum atomic E-state index is 12.2. The number of nitrogens with zero attached hydrogens (tertiary/aromatic N) is 2.